The first-order chi connectivity index (χ1) is 9.72. The fourth-order valence-electron chi connectivity index (χ4n) is 2.37. The number of rotatable bonds is 5. The maximum atomic E-state index is 12.5. The van der Waals surface area contributed by atoms with Gasteiger partial charge in [-0.05, 0) is 43.6 Å². The SMILES string of the molecule is CCCCn1c(-c2cccn(C3CC3)c2=O)n[nH]c1=S. The normalized spacial score (nSPS) is 14.7. The Morgan fingerprint density at radius 1 is 1.50 bits per heavy atom. The van der Waals surface area contributed by atoms with Crippen molar-refractivity contribution in [2.45, 2.75) is 45.2 Å². The second-order valence-electron chi connectivity index (χ2n) is 5.22. The minimum absolute atomic E-state index is 0.0294. The lowest BCUT2D eigenvalue weighted by Crippen LogP contribution is -2.21. The number of nitrogens with zero attached hydrogens (tertiary/aromatic N) is 3. The van der Waals surface area contributed by atoms with Gasteiger partial charge in [-0.3, -0.25) is 9.89 Å². The van der Waals surface area contributed by atoms with Gasteiger partial charge in [0.15, 0.2) is 10.6 Å². The number of H-pyrrole nitrogens is 1. The van der Waals surface area contributed by atoms with Gasteiger partial charge in [0.1, 0.15) is 0 Å². The molecule has 1 aliphatic carbocycles. The molecule has 1 saturated carbocycles. The van der Waals surface area contributed by atoms with Gasteiger partial charge in [-0.15, -0.1) is 0 Å². The van der Waals surface area contributed by atoms with Crippen LogP contribution >= 0.6 is 12.2 Å². The Morgan fingerprint density at radius 3 is 3.00 bits per heavy atom. The Morgan fingerprint density at radius 2 is 2.30 bits per heavy atom. The minimum atomic E-state index is 0.0294. The summed E-state index contributed by atoms with van der Waals surface area (Å²) in [5, 5.41) is 7.06. The van der Waals surface area contributed by atoms with Gasteiger partial charge in [0.05, 0.1) is 5.56 Å². The molecule has 0 saturated heterocycles. The van der Waals surface area contributed by atoms with Crippen molar-refractivity contribution in [3.8, 4) is 11.4 Å². The van der Waals surface area contributed by atoms with Crippen LogP contribution in [0.15, 0.2) is 23.1 Å². The highest BCUT2D eigenvalue weighted by atomic mass is 32.1. The van der Waals surface area contributed by atoms with Gasteiger partial charge in [-0.1, -0.05) is 13.3 Å². The molecule has 0 spiro atoms. The average Bonchev–Trinajstić information content (AvgIpc) is 3.22. The number of hydrogen-bond donors (Lipinski definition) is 1. The zero-order chi connectivity index (χ0) is 14.1. The van der Waals surface area contributed by atoms with Crippen LogP contribution in [0, 0.1) is 4.77 Å². The quantitative estimate of drug-likeness (QED) is 0.861. The molecule has 106 valence electrons. The fourth-order valence-corrected chi connectivity index (χ4v) is 2.59. The van der Waals surface area contributed by atoms with Crippen LogP contribution in [0.1, 0.15) is 38.6 Å². The molecule has 0 atom stereocenters. The summed E-state index contributed by atoms with van der Waals surface area (Å²) in [4.78, 5) is 12.5. The first-order valence-corrected chi connectivity index (χ1v) is 7.50. The van der Waals surface area contributed by atoms with Crippen LogP contribution in [0.25, 0.3) is 11.4 Å². The minimum Gasteiger partial charge on any atom is -0.312 e. The van der Waals surface area contributed by atoms with E-state index in [1.165, 1.54) is 0 Å². The molecule has 0 aromatic carbocycles. The molecule has 2 heterocycles. The zero-order valence-corrected chi connectivity index (χ0v) is 12.3. The molecule has 3 rings (SSSR count). The van der Waals surface area contributed by atoms with E-state index < -0.39 is 0 Å². The summed E-state index contributed by atoms with van der Waals surface area (Å²) in [6, 6.07) is 4.11. The van der Waals surface area contributed by atoms with E-state index in [4.69, 9.17) is 12.2 Å². The Bertz CT molecular complexity index is 723. The molecule has 1 fully saturated rings. The molecule has 6 heteroatoms. The van der Waals surface area contributed by atoms with Crippen LogP contribution in [-0.4, -0.2) is 19.3 Å². The van der Waals surface area contributed by atoms with Crippen LogP contribution in [0.3, 0.4) is 0 Å². The topological polar surface area (TPSA) is 55.6 Å². The van der Waals surface area contributed by atoms with Crippen molar-refractivity contribution in [2.24, 2.45) is 0 Å². The summed E-state index contributed by atoms with van der Waals surface area (Å²) in [6.07, 6.45) is 6.14. The average molecular weight is 290 g/mol. The van der Waals surface area contributed by atoms with Gasteiger partial charge in [0, 0.05) is 18.8 Å². The zero-order valence-electron chi connectivity index (χ0n) is 11.5. The predicted octanol–water partition coefficient (Wildman–Crippen LogP) is 2.90. The lowest BCUT2D eigenvalue weighted by molar-refractivity contribution is 0.627. The van der Waals surface area contributed by atoms with Crippen molar-refractivity contribution in [1.82, 2.24) is 19.3 Å². The standard InChI is InChI=1S/C14H18N4OS/c1-2-3-8-18-12(15-16-14(18)20)11-5-4-9-17(13(11)19)10-6-7-10/h4-5,9-10H,2-3,6-8H2,1H3,(H,16,20). The van der Waals surface area contributed by atoms with Gasteiger partial charge in [-0.25, -0.2) is 0 Å². The molecule has 2 aromatic heterocycles. The van der Waals surface area contributed by atoms with Crippen molar-refractivity contribution >= 4 is 12.2 Å². The maximum absolute atomic E-state index is 12.5. The van der Waals surface area contributed by atoms with Gasteiger partial charge in [0.25, 0.3) is 5.56 Å². The highest BCUT2D eigenvalue weighted by Crippen LogP contribution is 2.33. The molecule has 1 N–H and O–H groups in total. The van der Waals surface area contributed by atoms with Crippen LogP contribution < -0.4 is 5.56 Å². The molecule has 0 bridgehead atoms. The van der Waals surface area contributed by atoms with Crippen LogP contribution in [0.4, 0.5) is 0 Å². The van der Waals surface area contributed by atoms with E-state index in [2.05, 4.69) is 17.1 Å². The van der Waals surface area contributed by atoms with E-state index in [9.17, 15) is 4.79 Å². The maximum Gasteiger partial charge on any atom is 0.261 e. The van der Waals surface area contributed by atoms with E-state index in [1.54, 1.807) is 0 Å². The largest absolute Gasteiger partial charge is 0.312 e. The summed E-state index contributed by atoms with van der Waals surface area (Å²) in [5.74, 6) is 0.656. The predicted molar refractivity (Wildman–Crippen MR) is 80.3 cm³/mol. The van der Waals surface area contributed by atoms with Crippen molar-refractivity contribution in [2.75, 3.05) is 0 Å². The molecular weight excluding hydrogens is 272 g/mol. The fraction of sp³-hybridized carbons (Fsp3) is 0.500. The van der Waals surface area contributed by atoms with Gasteiger partial charge in [0.2, 0.25) is 0 Å². The van der Waals surface area contributed by atoms with Gasteiger partial charge < -0.3 is 9.13 Å². The molecule has 0 unspecified atom stereocenters. The molecule has 20 heavy (non-hydrogen) atoms. The van der Waals surface area contributed by atoms with Crippen LogP contribution in [0.2, 0.25) is 0 Å². The number of aromatic nitrogens is 4. The van der Waals surface area contributed by atoms with Crippen molar-refractivity contribution < 1.29 is 0 Å². The van der Waals surface area contributed by atoms with E-state index in [-0.39, 0.29) is 5.56 Å². The third kappa shape index (κ3) is 2.35. The molecule has 0 amide bonds. The van der Waals surface area contributed by atoms with Gasteiger partial charge in [-0.2, -0.15) is 5.10 Å². The van der Waals surface area contributed by atoms with Crippen molar-refractivity contribution in [1.29, 1.82) is 0 Å². The summed E-state index contributed by atoms with van der Waals surface area (Å²) < 4.78 is 4.32. The Hall–Kier alpha value is -1.69. The second kappa shape index (κ2) is 5.36. The monoisotopic (exact) mass is 290 g/mol. The molecular formula is C14H18N4OS. The highest BCUT2D eigenvalue weighted by molar-refractivity contribution is 7.71. The van der Waals surface area contributed by atoms with Crippen molar-refractivity contribution in [3.05, 3.63) is 33.5 Å². The van der Waals surface area contributed by atoms with Crippen molar-refractivity contribution in [3.63, 3.8) is 0 Å². The third-order valence-corrected chi connectivity index (χ3v) is 3.96. The van der Waals surface area contributed by atoms with E-state index >= 15 is 0 Å². The van der Waals surface area contributed by atoms with E-state index in [0.29, 0.717) is 22.2 Å². The third-order valence-electron chi connectivity index (χ3n) is 3.65. The number of pyridine rings is 1. The Labute approximate surface area is 122 Å². The van der Waals surface area contributed by atoms with Crippen LogP contribution in [-0.2, 0) is 6.54 Å². The first-order valence-electron chi connectivity index (χ1n) is 7.09. The molecule has 0 aliphatic heterocycles. The smallest absolute Gasteiger partial charge is 0.261 e. The Kier molecular flexibility index (Phi) is 3.56. The highest BCUT2D eigenvalue weighted by Gasteiger charge is 2.25. The lowest BCUT2D eigenvalue weighted by atomic mass is 10.2. The van der Waals surface area contributed by atoms with Gasteiger partial charge >= 0.3 is 0 Å². The summed E-state index contributed by atoms with van der Waals surface area (Å²) in [7, 11) is 0. The number of nitrogens with one attached hydrogen (secondary N) is 1. The van der Waals surface area contributed by atoms with Crippen LogP contribution in [0.5, 0.6) is 0 Å². The molecule has 1 aliphatic rings. The number of hydrogen-bond acceptors (Lipinski definition) is 3. The second-order valence-corrected chi connectivity index (χ2v) is 5.61. The molecule has 0 radical (unpaired) electrons. The molecule has 5 nitrogen and oxygen atoms in total. The Balaban J connectivity index is 2.07. The van der Waals surface area contributed by atoms with E-state index in [1.807, 2.05) is 27.5 Å². The first kappa shape index (κ1) is 13.3. The summed E-state index contributed by atoms with van der Waals surface area (Å²) in [6.45, 7) is 2.92. The summed E-state index contributed by atoms with van der Waals surface area (Å²) >= 11 is 5.26. The number of aromatic amines is 1. The molecule has 2 aromatic rings. The lowest BCUT2D eigenvalue weighted by Gasteiger charge is -2.08. The van der Waals surface area contributed by atoms with E-state index in [0.717, 1.165) is 32.2 Å². The number of unbranched alkanes of at least 4 members (excludes halogenated alkanes) is 1. The summed E-state index contributed by atoms with van der Waals surface area (Å²) in [5.41, 5.74) is 0.657.